The van der Waals surface area contributed by atoms with Crippen molar-refractivity contribution in [3.8, 4) is 22.6 Å². The van der Waals surface area contributed by atoms with E-state index in [0.717, 1.165) is 16.8 Å². The molecule has 0 aliphatic heterocycles. The Labute approximate surface area is 172 Å². The van der Waals surface area contributed by atoms with Gasteiger partial charge in [0.05, 0.1) is 16.8 Å². The van der Waals surface area contributed by atoms with Gasteiger partial charge in [-0.1, -0.05) is 12.1 Å². The zero-order chi connectivity index (χ0) is 21.5. The summed E-state index contributed by atoms with van der Waals surface area (Å²) in [7, 11) is 0. The van der Waals surface area contributed by atoms with Gasteiger partial charge in [-0.3, -0.25) is 19.1 Å². The number of phenolic OH excluding ortho intramolecular Hbond substituents is 1. The number of hydrogen-bond donors (Lipinski definition) is 3. The van der Waals surface area contributed by atoms with Crippen LogP contribution >= 0.6 is 0 Å². The molecule has 0 saturated carbocycles. The Balaban J connectivity index is 0.00000320. The Morgan fingerprint density at radius 1 is 1.20 bits per heavy atom. The Kier molecular flexibility index (Phi) is 6.30. The highest BCUT2D eigenvalue weighted by molar-refractivity contribution is 5.98. The monoisotopic (exact) mass is 411 g/mol. The molecule has 3 rings (SSSR count). The summed E-state index contributed by atoms with van der Waals surface area (Å²) < 4.78 is 26.7. The van der Waals surface area contributed by atoms with Gasteiger partial charge in [0.25, 0.3) is 17.9 Å². The van der Waals surface area contributed by atoms with Crippen molar-refractivity contribution in [3.05, 3.63) is 69.3 Å². The Hall–Kier alpha value is -3.69. The minimum Gasteiger partial charge on any atom is -0.508 e. The number of alkyl halides is 2. The molecule has 0 aliphatic carbocycles. The topological polar surface area (TPSA) is 124 Å². The molecule has 0 bridgehead atoms. The van der Waals surface area contributed by atoms with Gasteiger partial charge in [-0.15, -0.1) is 0 Å². The minimum absolute atomic E-state index is 0. The Bertz CT molecular complexity index is 1180. The highest BCUT2D eigenvalue weighted by Crippen LogP contribution is 2.30. The van der Waals surface area contributed by atoms with Crippen LogP contribution in [0.5, 0.6) is 5.75 Å². The van der Waals surface area contributed by atoms with Gasteiger partial charge in [0, 0.05) is 25.7 Å². The molecule has 153 valence electrons. The first-order valence-corrected chi connectivity index (χ1v) is 8.52. The number of carbonyl (C=O) groups is 1. The van der Waals surface area contributed by atoms with Gasteiger partial charge in [0.15, 0.2) is 0 Å². The predicted octanol–water partition coefficient (Wildman–Crippen LogP) is 2.46. The third-order valence-corrected chi connectivity index (χ3v) is 4.65. The quantitative estimate of drug-likeness (QED) is 0.569. The maximum Gasteiger partial charge on any atom is 0.280 e. The van der Waals surface area contributed by atoms with Crippen molar-refractivity contribution < 1.29 is 18.7 Å². The number of hydrogen-bond acceptors (Lipinski definition) is 5. The predicted molar refractivity (Wildman–Crippen MR) is 110 cm³/mol. The van der Waals surface area contributed by atoms with Gasteiger partial charge in [-0.25, -0.2) is 8.78 Å². The summed E-state index contributed by atoms with van der Waals surface area (Å²) in [6.45, 7) is 3.31. The SMILES string of the molecule is Cc1ccc(O)c(C)c1-n1c(N)c(C(N)=O)cc(-c2ccc(C(F)F)nc2)c1=O.[B]. The lowest BCUT2D eigenvalue weighted by Crippen LogP contribution is -2.28. The van der Waals surface area contributed by atoms with E-state index in [1.54, 1.807) is 19.9 Å². The molecule has 3 radical (unpaired) electrons. The molecular formula is C20H18BF2N4O3. The lowest BCUT2D eigenvalue weighted by atomic mass is 10.0. The van der Waals surface area contributed by atoms with Crippen LogP contribution in [0.25, 0.3) is 16.8 Å². The number of rotatable bonds is 4. The summed E-state index contributed by atoms with van der Waals surface area (Å²) in [5.41, 5.74) is 11.8. The van der Waals surface area contributed by atoms with Gasteiger partial charge in [-0.05, 0) is 37.6 Å². The van der Waals surface area contributed by atoms with Crippen molar-refractivity contribution in [3.63, 3.8) is 0 Å². The number of benzene rings is 1. The number of nitrogen functional groups attached to an aromatic ring is 1. The Morgan fingerprint density at radius 3 is 2.40 bits per heavy atom. The summed E-state index contributed by atoms with van der Waals surface area (Å²) in [5.74, 6) is -1.13. The van der Waals surface area contributed by atoms with Crippen LogP contribution in [0.4, 0.5) is 14.6 Å². The molecule has 0 aliphatic rings. The van der Waals surface area contributed by atoms with E-state index in [1.165, 1.54) is 18.2 Å². The lowest BCUT2D eigenvalue weighted by molar-refractivity contribution is 0.100. The zero-order valence-corrected chi connectivity index (χ0v) is 16.2. The number of halogens is 2. The number of aromatic nitrogens is 2. The van der Waals surface area contributed by atoms with Crippen LogP contribution in [0.1, 0.15) is 33.6 Å². The highest BCUT2D eigenvalue weighted by atomic mass is 19.3. The number of pyridine rings is 2. The van der Waals surface area contributed by atoms with Crippen molar-refractivity contribution >= 4 is 20.1 Å². The third kappa shape index (κ3) is 3.76. The van der Waals surface area contributed by atoms with Gasteiger partial charge in [0.1, 0.15) is 17.3 Å². The number of primary amides is 1. The van der Waals surface area contributed by atoms with Gasteiger partial charge in [0.2, 0.25) is 0 Å². The van der Waals surface area contributed by atoms with E-state index in [4.69, 9.17) is 11.5 Å². The summed E-state index contributed by atoms with van der Waals surface area (Å²) in [5, 5.41) is 10.1. The molecule has 2 aromatic heterocycles. The first-order valence-electron chi connectivity index (χ1n) is 8.52. The lowest BCUT2D eigenvalue weighted by Gasteiger charge is -2.19. The maximum atomic E-state index is 13.3. The summed E-state index contributed by atoms with van der Waals surface area (Å²) in [6.07, 6.45) is -1.64. The molecule has 0 spiro atoms. The molecule has 30 heavy (non-hydrogen) atoms. The van der Waals surface area contributed by atoms with Crippen molar-refractivity contribution in [2.75, 3.05) is 5.73 Å². The molecule has 0 saturated heterocycles. The first-order chi connectivity index (χ1) is 13.6. The Morgan fingerprint density at radius 2 is 1.87 bits per heavy atom. The number of aromatic hydroxyl groups is 1. The summed E-state index contributed by atoms with van der Waals surface area (Å²) in [6, 6.07) is 6.68. The fourth-order valence-corrected chi connectivity index (χ4v) is 3.12. The molecule has 7 nitrogen and oxygen atoms in total. The van der Waals surface area contributed by atoms with Crippen molar-refractivity contribution in [2.45, 2.75) is 20.3 Å². The van der Waals surface area contributed by atoms with Crippen LogP contribution < -0.4 is 17.0 Å². The fourth-order valence-electron chi connectivity index (χ4n) is 3.12. The van der Waals surface area contributed by atoms with Crippen molar-refractivity contribution in [1.29, 1.82) is 0 Å². The molecule has 2 heterocycles. The summed E-state index contributed by atoms with van der Waals surface area (Å²) >= 11 is 0. The highest BCUT2D eigenvalue weighted by Gasteiger charge is 2.21. The number of nitrogens with zero attached hydrogens (tertiary/aromatic N) is 2. The standard InChI is InChI=1S/C20H18F2N4O3.B/c1-9-3-6-15(27)10(2)16(9)26-18(23)13(19(24)28)7-12(20(26)29)11-4-5-14(17(21)22)25-8-11;/h3-8,17,27H,23H2,1-2H3,(H2,24,28);. The number of amides is 1. The maximum absolute atomic E-state index is 13.3. The van der Waals surface area contributed by atoms with E-state index < -0.39 is 23.6 Å². The van der Waals surface area contributed by atoms with E-state index in [2.05, 4.69) is 4.98 Å². The largest absolute Gasteiger partial charge is 0.508 e. The van der Waals surface area contributed by atoms with Gasteiger partial charge >= 0.3 is 0 Å². The van der Waals surface area contributed by atoms with Crippen LogP contribution in [0, 0.1) is 13.8 Å². The summed E-state index contributed by atoms with van der Waals surface area (Å²) in [4.78, 5) is 28.9. The number of aryl methyl sites for hydroxylation is 1. The number of phenols is 1. The minimum atomic E-state index is -2.76. The normalized spacial score (nSPS) is 10.7. The zero-order valence-electron chi connectivity index (χ0n) is 16.2. The molecule has 0 fully saturated rings. The van der Waals surface area contributed by atoms with Gasteiger partial charge in [-0.2, -0.15) is 0 Å². The van der Waals surface area contributed by atoms with E-state index >= 15 is 0 Å². The average Bonchev–Trinajstić information content (AvgIpc) is 2.67. The van der Waals surface area contributed by atoms with Crippen LogP contribution in [0.3, 0.4) is 0 Å². The van der Waals surface area contributed by atoms with E-state index in [9.17, 15) is 23.5 Å². The molecule has 3 aromatic rings. The van der Waals surface area contributed by atoms with E-state index in [-0.39, 0.29) is 36.7 Å². The number of anilines is 1. The smallest absolute Gasteiger partial charge is 0.280 e. The second-order valence-electron chi connectivity index (χ2n) is 6.51. The number of carbonyl (C=O) groups excluding carboxylic acids is 1. The first kappa shape index (κ1) is 22.6. The molecule has 1 amide bonds. The molecule has 10 heteroatoms. The van der Waals surface area contributed by atoms with E-state index in [1.807, 2.05) is 0 Å². The third-order valence-electron chi connectivity index (χ3n) is 4.65. The average molecular weight is 411 g/mol. The van der Waals surface area contributed by atoms with Crippen LogP contribution in [0.2, 0.25) is 0 Å². The van der Waals surface area contributed by atoms with Crippen molar-refractivity contribution in [2.24, 2.45) is 5.73 Å². The van der Waals surface area contributed by atoms with E-state index in [0.29, 0.717) is 16.8 Å². The van der Waals surface area contributed by atoms with Crippen LogP contribution in [-0.2, 0) is 0 Å². The van der Waals surface area contributed by atoms with Crippen LogP contribution in [0.15, 0.2) is 41.3 Å². The molecule has 1 aromatic carbocycles. The molecular weight excluding hydrogens is 393 g/mol. The van der Waals surface area contributed by atoms with Crippen molar-refractivity contribution in [1.82, 2.24) is 9.55 Å². The second-order valence-corrected chi connectivity index (χ2v) is 6.51. The van der Waals surface area contributed by atoms with Gasteiger partial charge < -0.3 is 16.6 Å². The molecule has 0 unspecified atom stereocenters. The molecule has 0 atom stereocenters. The van der Waals surface area contributed by atoms with Crippen LogP contribution in [-0.4, -0.2) is 29.0 Å². The molecule has 5 N–H and O–H groups in total. The number of nitrogens with two attached hydrogens (primary N) is 2. The fraction of sp³-hybridized carbons (Fsp3) is 0.150. The second kappa shape index (κ2) is 8.36.